The fraction of sp³-hybridized carbons (Fsp3) is 0.474. The van der Waals surface area contributed by atoms with Gasteiger partial charge in [-0.25, -0.2) is 0 Å². The number of methoxy groups -OCH3 is 1. The van der Waals surface area contributed by atoms with Gasteiger partial charge in [0.2, 0.25) is 11.8 Å². The summed E-state index contributed by atoms with van der Waals surface area (Å²) in [5, 5.41) is 2.93. The number of carbonyl (C=O) groups excluding carboxylic acids is 2. The SMILES string of the molecule is COc1ccc(N2C[C@@]34C=C[C@@H](O3)[C@@H](C(=O)NC(C)C)[C@@H]4C2=O)cc1. The average Bonchev–Trinajstić information content (AvgIpc) is 3.22. The average molecular weight is 342 g/mol. The molecule has 6 heteroatoms. The number of nitrogens with zero attached hydrogens (tertiary/aromatic N) is 1. The summed E-state index contributed by atoms with van der Waals surface area (Å²) in [5.41, 5.74) is 0.0961. The van der Waals surface area contributed by atoms with Crippen LogP contribution in [0.2, 0.25) is 0 Å². The number of nitrogens with one attached hydrogen (secondary N) is 1. The topological polar surface area (TPSA) is 67.9 Å². The molecule has 1 aromatic rings. The number of ether oxygens (including phenoxy) is 2. The molecule has 2 saturated heterocycles. The maximum Gasteiger partial charge on any atom is 0.234 e. The van der Waals surface area contributed by atoms with Crippen molar-refractivity contribution in [1.29, 1.82) is 0 Å². The summed E-state index contributed by atoms with van der Waals surface area (Å²) in [6.07, 6.45) is 3.57. The van der Waals surface area contributed by atoms with Crippen LogP contribution in [0.4, 0.5) is 5.69 Å². The van der Waals surface area contributed by atoms with Crippen molar-refractivity contribution in [2.45, 2.75) is 31.6 Å². The van der Waals surface area contributed by atoms with Crippen LogP contribution in [0.3, 0.4) is 0 Å². The number of fused-ring (bicyclic) bond motifs is 1. The first kappa shape index (κ1) is 16.1. The van der Waals surface area contributed by atoms with Crippen molar-refractivity contribution in [3.63, 3.8) is 0 Å². The molecule has 1 N–H and O–H groups in total. The number of benzene rings is 1. The van der Waals surface area contributed by atoms with E-state index in [-0.39, 0.29) is 24.0 Å². The fourth-order valence-corrected chi connectivity index (χ4v) is 4.16. The van der Waals surface area contributed by atoms with Gasteiger partial charge < -0.3 is 19.7 Å². The minimum atomic E-state index is -0.694. The zero-order chi connectivity index (χ0) is 17.8. The van der Waals surface area contributed by atoms with Crippen LogP contribution in [0.1, 0.15) is 13.8 Å². The Kier molecular flexibility index (Phi) is 3.61. The molecule has 132 valence electrons. The van der Waals surface area contributed by atoms with E-state index in [1.807, 2.05) is 50.3 Å². The van der Waals surface area contributed by atoms with E-state index in [4.69, 9.17) is 9.47 Å². The van der Waals surface area contributed by atoms with E-state index in [2.05, 4.69) is 5.32 Å². The van der Waals surface area contributed by atoms with E-state index in [0.717, 1.165) is 11.4 Å². The lowest BCUT2D eigenvalue weighted by Crippen LogP contribution is -2.45. The van der Waals surface area contributed by atoms with Crippen LogP contribution in [-0.4, -0.2) is 43.2 Å². The van der Waals surface area contributed by atoms with E-state index >= 15 is 0 Å². The highest BCUT2D eigenvalue weighted by atomic mass is 16.5. The van der Waals surface area contributed by atoms with Gasteiger partial charge in [0.1, 0.15) is 11.4 Å². The second-order valence-corrected chi connectivity index (χ2v) is 7.19. The highest BCUT2D eigenvalue weighted by Gasteiger charge is 2.67. The number of carbonyl (C=O) groups is 2. The van der Waals surface area contributed by atoms with Crippen LogP contribution in [0.25, 0.3) is 0 Å². The van der Waals surface area contributed by atoms with Gasteiger partial charge in [0, 0.05) is 11.7 Å². The molecule has 3 heterocycles. The summed E-state index contributed by atoms with van der Waals surface area (Å²) in [6.45, 7) is 4.26. The van der Waals surface area contributed by atoms with Crippen molar-refractivity contribution in [3.05, 3.63) is 36.4 Å². The van der Waals surface area contributed by atoms with Gasteiger partial charge in [0.05, 0.1) is 31.6 Å². The van der Waals surface area contributed by atoms with Gasteiger partial charge in [-0.1, -0.05) is 12.2 Å². The molecule has 2 fully saturated rings. The molecule has 1 spiro atoms. The molecule has 25 heavy (non-hydrogen) atoms. The normalized spacial score (nSPS) is 32.4. The second kappa shape index (κ2) is 5.59. The molecular formula is C19H22N2O4. The Bertz CT molecular complexity index is 742. The molecule has 0 radical (unpaired) electrons. The Labute approximate surface area is 146 Å². The lowest BCUT2D eigenvalue weighted by atomic mass is 9.76. The first-order chi connectivity index (χ1) is 11.9. The standard InChI is InChI=1S/C19H22N2O4/c1-11(2)20-17(22)15-14-8-9-19(25-14)10-21(18(23)16(15)19)12-4-6-13(24-3)7-5-12/h4-9,11,14-16H,10H2,1-3H3,(H,20,22)/t14-,15-,16-,19-/m1/s1. The molecule has 1 aromatic carbocycles. The van der Waals surface area contributed by atoms with Crippen molar-refractivity contribution >= 4 is 17.5 Å². The van der Waals surface area contributed by atoms with Gasteiger partial charge in [-0.2, -0.15) is 0 Å². The largest absolute Gasteiger partial charge is 0.497 e. The monoisotopic (exact) mass is 342 g/mol. The molecule has 0 saturated carbocycles. The first-order valence-corrected chi connectivity index (χ1v) is 8.58. The lowest BCUT2D eigenvalue weighted by Gasteiger charge is -2.24. The Balaban J connectivity index is 1.64. The first-order valence-electron chi connectivity index (χ1n) is 8.58. The van der Waals surface area contributed by atoms with Crippen molar-refractivity contribution in [2.24, 2.45) is 11.8 Å². The number of hydrogen-bond acceptors (Lipinski definition) is 4. The summed E-state index contributed by atoms with van der Waals surface area (Å²) in [4.78, 5) is 27.5. The molecule has 0 aromatic heterocycles. The molecular weight excluding hydrogens is 320 g/mol. The van der Waals surface area contributed by atoms with Crippen LogP contribution in [0.15, 0.2) is 36.4 Å². The van der Waals surface area contributed by atoms with Crippen molar-refractivity contribution in [3.8, 4) is 5.75 Å². The van der Waals surface area contributed by atoms with Crippen molar-refractivity contribution in [1.82, 2.24) is 5.32 Å². The third-order valence-corrected chi connectivity index (χ3v) is 5.22. The quantitative estimate of drug-likeness (QED) is 0.842. The molecule has 4 rings (SSSR count). The minimum Gasteiger partial charge on any atom is -0.497 e. The summed E-state index contributed by atoms with van der Waals surface area (Å²) in [6, 6.07) is 7.39. The molecule has 2 amide bonds. The van der Waals surface area contributed by atoms with E-state index in [1.54, 1.807) is 12.0 Å². The van der Waals surface area contributed by atoms with Gasteiger partial charge in [-0.15, -0.1) is 0 Å². The minimum absolute atomic E-state index is 0.0285. The second-order valence-electron chi connectivity index (χ2n) is 7.19. The lowest BCUT2D eigenvalue weighted by molar-refractivity contribution is -0.132. The number of amides is 2. The Morgan fingerprint density at radius 1 is 1.36 bits per heavy atom. The number of anilines is 1. The van der Waals surface area contributed by atoms with Gasteiger partial charge in [0.15, 0.2) is 0 Å². The zero-order valence-corrected chi connectivity index (χ0v) is 14.6. The predicted molar refractivity (Wildman–Crippen MR) is 92.3 cm³/mol. The molecule has 0 unspecified atom stereocenters. The molecule has 4 atom stereocenters. The summed E-state index contributed by atoms with van der Waals surface area (Å²) < 4.78 is 11.3. The number of rotatable bonds is 4. The maximum atomic E-state index is 13.1. The molecule has 6 nitrogen and oxygen atoms in total. The van der Waals surface area contributed by atoms with Gasteiger partial charge in [-0.05, 0) is 38.1 Å². The Morgan fingerprint density at radius 2 is 2.08 bits per heavy atom. The van der Waals surface area contributed by atoms with E-state index < -0.39 is 17.4 Å². The van der Waals surface area contributed by atoms with Crippen molar-refractivity contribution in [2.75, 3.05) is 18.6 Å². The van der Waals surface area contributed by atoms with Gasteiger partial charge >= 0.3 is 0 Å². The van der Waals surface area contributed by atoms with Crippen molar-refractivity contribution < 1.29 is 19.1 Å². The third kappa shape index (κ3) is 2.35. The Morgan fingerprint density at radius 3 is 2.72 bits per heavy atom. The Hall–Kier alpha value is -2.34. The predicted octanol–water partition coefficient (Wildman–Crippen LogP) is 1.51. The summed E-state index contributed by atoms with van der Waals surface area (Å²) in [5.74, 6) is -0.367. The van der Waals surface area contributed by atoms with Gasteiger partial charge in [-0.3, -0.25) is 9.59 Å². The fourth-order valence-electron chi connectivity index (χ4n) is 4.16. The van der Waals surface area contributed by atoms with Crippen LogP contribution >= 0.6 is 0 Å². The van der Waals surface area contributed by atoms with Gasteiger partial charge in [0.25, 0.3) is 0 Å². The third-order valence-electron chi connectivity index (χ3n) is 5.22. The number of hydrogen-bond donors (Lipinski definition) is 1. The highest BCUT2D eigenvalue weighted by molar-refractivity contribution is 6.03. The van der Waals surface area contributed by atoms with E-state index in [9.17, 15) is 9.59 Å². The van der Waals surface area contributed by atoms with Crippen LogP contribution < -0.4 is 15.0 Å². The molecule has 2 bridgehead atoms. The highest BCUT2D eigenvalue weighted by Crippen LogP contribution is 2.52. The summed E-state index contributed by atoms with van der Waals surface area (Å²) >= 11 is 0. The molecule has 3 aliphatic rings. The van der Waals surface area contributed by atoms with E-state index in [1.165, 1.54) is 0 Å². The van der Waals surface area contributed by atoms with Crippen LogP contribution in [0.5, 0.6) is 5.75 Å². The molecule has 3 aliphatic heterocycles. The van der Waals surface area contributed by atoms with Crippen LogP contribution in [0, 0.1) is 11.8 Å². The van der Waals surface area contributed by atoms with E-state index in [0.29, 0.717) is 6.54 Å². The smallest absolute Gasteiger partial charge is 0.234 e. The zero-order valence-electron chi connectivity index (χ0n) is 14.6. The van der Waals surface area contributed by atoms with Crippen LogP contribution in [-0.2, 0) is 14.3 Å². The summed E-state index contributed by atoms with van der Waals surface area (Å²) in [7, 11) is 1.61. The molecule has 0 aliphatic carbocycles. The maximum absolute atomic E-state index is 13.1.